The Hall–Kier alpha value is -5.01. The van der Waals surface area contributed by atoms with Crippen molar-refractivity contribution in [3.8, 4) is 43.8 Å². The predicted molar refractivity (Wildman–Crippen MR) is 153 cm³/mol. The molecule has 6 rings (SSSR count). The summed E-state index contributed by atoms with van der Waals surface area (Å²) in [6.45, 7) is 0. The van der Waals surface area contributed by atoms with E-state index in [0.717, 1.165) is 22.7 Å². The van der Waals surface area contributed by atoms with E-state index in [2.05, 4.69) is 9.97 Å². The van der Waals surface area contributed by atoms with E-state index in [-0.39, 0.29) is 32.5 Å². The minimum absolute atomic E-state index is 0.0751. The van der Waals surface area contributed by atoms with Crippen molar-refractivity contribution >= 4 is 38.7 Å². The standard InChI is InChI=1S/C27H20N6O5S2/c1-32-9-7-13(17(24(32)35)22-19(30-26(28)39-22)15-5-3-11-37-15)21(34)14-8-10-33(2)25(36)18(14)23-20(31-27(29)40-23)16-6-4-12-38-16/h3-12H,1-2H3,(H2,28,30)(H2,29,31). The average molecular weight is 573 g/mol. The maximum Gasteiger partial charge on any atom is 0.259 e. The molecule has 0 saturated heterocycles. The summed E-state index contributed by atoms with van der Waals surface area (Å²) < 4.78 is 13.8. The first-order valence-electron chi connectivity index (χ1n) is 11.8. The van der Waals surface area contributed by atoms with Gasteiger partial charge in [0.05, 0.1) is 33.4 Å². The number of nitrogens with two attached hydrogens (primary N) is 2. The van der Waals surface area contributed by atoms with Gasteiger partial charge >= 0.3 is 0 Å². The van der Waals surface area contributed by atoms with Crippen LogP contribution in [-0.4, -0.2) is 24.9 Å². The Morgan fingerprint density at radius 3 is 1.55 bits per heavy atom. The Balaban J connectivity index is 1.61. The Kier molecular flexibility index (Phi) is 6.08. The molecule has 6 aromatic rings. The zero-order valence-electron chi connectivity index (χ0n) is 21.1. The van der Waals surface area contributed by atoms with E-state index in [4.69, 9.17) is 20.3 Å². The summed E-state index contributed by atoms with van der Waals surface area (Å²) >= 11 is 2.13. The lowest BCUT2D eigenvalue weighted by Gasteiger charge is -2.13. The van der Waals surface area contributed by atoms with Crippen LogP contribution >= 0.6 is 22.7 Å². The first-order valence-corrected chi connectivity index (χ1v) is 13.4. The molecule has 0 amide bonds. The normalized spacial score (nSPS) is 11.2. The van der Waals surface area contributed by atoms with Gasteiger partial charge in [-0.3, -0.25) is 14.4 Å². The second kappa shape index (κ2) is 9.63. The number of furan rings is 2. The molecule has 11 nitrogen and oxygen atoms in total. The molecule has 0 aromatic carbocycles. The third-order valence-corrected chi connectivity index (χ3v) is 8.08. The van der Waals surface area contributed by atoms with Crippen LogP contribution in [0.5, 0.6) is 0 Å². The third-order valence-electron chi connectivity index (χ3n) is 6.28. The van der Waals surface area contributed by atoms with Crippen LogP contribution in [0.15, 0.2) is 79.7 Å². The Labute approximate surface area is 233 Å². The SMILES string of the molecule is Cn1ccc(C(=O)c2ccn(C)c(=O)c2-c2sc(N)nc2-c2ccco2)c(-c2sc(N)nc2-c2ccco2)c1=O. The highest BCUT2D eigenvalue weighted by atomic mass is 32.1. The number of hydrogen-bond donors (Lipinski definition) is 2. The number of carbonyl (C=O) groups is 1. The van der Waals surface area contributed by atoms with Crippen molar-refractivity contribution in [1.29, 1.82) is 0 Å². The molecule has 4 N–H and O–H groups in total. The van der Waals surface area contributed by atoms with Gasteiger partial charge in [-0.05, 0) is 36.4 Å². The Morgan fingerprint density at radius 1 is 0.750 bits per heavy atom. The molecule has 0 spiro atoms. The number of nitrogens with zero attached hydrogens (tertiary/aromatic N) is 4. The summed E-state index contributed by atoms with van der Waals surface area (Å²) in [7, 11) is 3.16. The van der Waals surface area contributed by atoms with Crippen LogP contribution in [0.25, 0.3) is 43.8 Å². The lowest BCUT2D eigenvalue weighted by molar-refractivity contribution is 0.103. The van der Waals surface area contributed by atoms with Crippen molar-refractivity contribution in [2.45, 2.75) is 0 Å². The van der Waals surface area contributed by atoms with Gasteiger partial charge in [0.25, 0.3) is 11.1 Å². The van der Waals surface area contributed by atoms with Crippen molar-refractivity contribution in [2.75, 3.05) is 11.5 Å². The van der Waals surface area contributed by atoms with Crippen LogP contribution in [0, 0.1) is 0 Å². The van der Waals surface area contributed by atoms with Crippen LogP contribution in [0.4, 0.5) is 10.3 Å². The Bertz CT molecular complexity index is 1870. The summed E-state index contributed by atoms with van der Waals surface area (Å²) in [5.41, 5.74) is 12.2. The monoisotopic (exact) mass is 572 g/mol. The number of ketones is 1. The van der Waals surface area contributed by atoms with Gasteiger partial charge in [-0.25, -0.2) is 9.97 Å². The Morgan fingerprint density at radius 2 is 1.18 bits per heavy atom. The second-order valence-corrected chi connectivity index (χ2v) is 10.8. The lowest BCUT2D eigenvalue weighted by atomic mass is 9.94. The van der Waals surface area contributed by atoms with Gasteiger partial charge in [0.1, 0.15) is 11.4 Å². The number of aryl methyl sites for hydroxylation is 2. The van der Waals surface area contributed by atoms with Crippen LogP contribution in [0.3, 0.4) is 0 Å². The molecule has 0 atom stereocenters. The highest BCUT2D eigenvalue weighted by Crippen LogP contribution is 2.41. The van der Waals surface area contributed by atoms with Gasteiger partial charge in [-0.1, -0.05) is 22.7 Å². The van der Waals surface area contributed by atoms with E-state index in [9.17, 15) is 14.4 Å². The highest BCUT2D eigenvalue weighted by Gasteiger charge is 2.29. The molecular weight excluding hydrogens is 552 g/mol. The van der Waals surface area contributed by atoms with Crippen molar-refractivity contribution < 1.29 is 13.6 Å². The van der Waals surface area contributed by atoms with E-state index >= 15 is 0 Å². The molecule has 0 aliphatic rings. The minimum atomic E-state index is -0.546. The van der Waals surface area contributed by atoms with Crippen molar-refractivity contribution in [3.63, 3.8) is 0 Å². The second-order valence-electron chi connectivity index (χ2n) is 8.78. The van der Waals surface area contributed by atoms with Crippen LogP contribution in [0.2, 0.25) is 0 Å². The fraction of sp³-hybridized carbons (Fsp3) is 0.0741. The minimum Gasteiger partial charge on any atom is -0.463 e. The number of rotatable bonds is 6. The fourth-order valence-electron chi connectivity index (χ4n) is 4.39. The number of pyridine rings is 2. The number of carbonyl (C=O) groups excluding carboxylic acids is 1. The molecule has 200 valence electrons. The quantitative estimate of drug-likeness (QED) is 0.278. The number of hydrogen-bond acceptors (Lipinski definition) is 11. The van der Waals surface area contributed by atoms with E-state index in [1.54, 1.807) is 38.4 Å². The van der Waals surface area contributed by atoms with E-state index in [1.807, 2.05) is 0 Å². The third kappa shape index (κ3) is 4.08. The summed E-state index contributed by atoms with van der Waals surface area (Å²) in [6, 6.07) is 9.83. The predicted octanol–water partition coefficient (Wildman–Crippen LogP) is 4.25. The molecule has 0 aliphatic carbocycles. The fourth-order valence-corrected chi connectivity index (χ4v) is 6.17. The molecule has 6 heterocycles. The number of thiazole rings is 2. The van der Waals surface area contributed by atoms with Gasteiger partial charge in [0.2, 0.25) is 0 Å². The number of anilines is 2. The molecule has 0 bridgehead atoms. The van der Waals surface area contributed by atoms with Crippen LogP contribution < -0.4 is 22.6 Å². The van der Waals surface area contributed by atoms with Crippen LogP contribution in [0.1, 0.15) is 15.9 Å². The van der Waals surface area contributed by atoms with E-state index < -0.39 is 16.9 Å². The van der Waals surface area contributed by atoms with Crippen molar-refractivity contribution in [1.82, 2.24) is 19.1 Å². The zero-order chi connectivity index (χ0) is 28.1. The highest BCUT2D eigenvalue weighted by molar-refractivity contribution is 7.19. The van der Waals surface area contributed by atoms with Gasteiger partial charge < -0.3 is 29.4 Å². The molecule has 0 saturated carbocycles. The van der Waals surface area contributed by atoms with E-state index in [0.29, 0.717) is 32.7 Å². The molecule has 0 fully saturated rings. The maximum absolute atomic E-state index is 14.3. The summed E-state index contributed by atoms with van der Waals surface area (Å²) in [4.78, 5) is 50.9. The number of nitrogen functional groups attached to an aromatic ring is 2. The van der Waals surface area contributed by atoms with Crippen molar-refractivity contribution in [2.24, 2.45) is 14.1 Å². The first-order chi connectivity index (χ1) is 19.2. The number of aromatic nitrogens is 4. The molecule has 40 heavy (non-hydrogen) atoms. The van der Waals surface area contributed by atoms with E-state index in [1.165, 1.54) is 46.2 Å². The van der Waals surface area contributed by atoms with Gasteiger partial charge in [-0.2, -0.15) is 0 Å². The molecule has 0 radical (unpaired) electrons. The summed E-state index contributed by atoms with van der Waals surface area (Å²) in [6.07, 6.45) is 5.95. The molecule has 0 aliphatic heterocycles. The maximum atomic E-state index is 14.3. The molecule has 6 aromatic heterocycles. The molecule has 0 unspecified atom stereocenters. The molecule has 13 heteroatoms. The zero-order valence-corrected chi connectivity index (χ0v) is 22.7. The largest absolute Gasteiger partial charge is 0.463 e. The van der Waals surface area contributed by atoms with Crippen molar-refractivity contribution in [3.05, 3.63) is 93.2 Å². The smallest absolute Gasteiger partial charge is 0.259 e. The van der Waals surface area contributed by atoms with Gasteiger partial charge in [-0.15, -0.1) is 0 Å². The summed E-state index contributed by atoms with van der Waals surface area (Å²) in [5, 5.41) is 0.395. The summed E-state index contributed by atoms with van der Waals surface area (Å²) in [5.74, 6) is 0.240. The van der Waals surface area contributed by atoms with Gasteiger partial charge in [0.15, 0.2) is 27.6 Å². The molecular formula is C27H20N6O5S2. The first kappa shape index (κ1) is 25.3. The lowest BCUT2D eigenvalue weighted by Crippen LogP contribution is -2.24. The van der Waals surface area contributed by atoms with Gasteiger partial charge in [0, 0.05) is 37.6 Å². The van der Waals surface area contributed by atoms with Crippen LogP contribution in [-0.2, 0) is 14.1 Å². The average Bonchev–Trinajstić information content (AvgIpc) is 3.74. The topological polar surface area (TPSA) is 165 Å².